The first kappa shape index (κ1) is 14.0. The van der Waals surface area contributed by atoms with Crippen LogP contribution in [0.15, 0.2) is 24.3 Å². The van der Waals surface area contributed by atoms with E-state index in [-0.39, 0.29) is 18.6 Å². The number of nitriles is 1. The maximum absolute atomic E-state index is 11.6. The Kier molecular flexibility index (Phi) is 4.68. The summed E-state index contributed by atoms with van der Waals surface area (Å²) in [4.78, 5) is 10.3. The molecule has 7 heteroatoms. The third-order valence-electron chi connectivity index (χ3n) is 2.09. The van der Waals surface area contributed by atoms with Crippen LogP contribution in [0, 0.1) is 11.3 Å². The molecular formula is C11H12N2O4S. The maximum atomic E-state index is 11.6. The number of hydrogen-bond donors (Lipinski definition) is 2. The summed E-state index contributed by atoms with van der Waals surface area (Å²) in [5.41, 5.74) is 0.785. The minimum absolute atomic E-state index is 0.0565. The van der Waals surface area contributed by atoms with E-state index < -0.39 is 16.0 Å². The van der Waals surface area contributed by atoms with Crippen LogP contribution in [-0.2, 0) is 14.8 Å². The van der Waals surface area contributed by atoms with Crippen LogP contribution in [0.4, 0.5) is 5.69 Å². The number of carboxylic acid groups (broad SMARTS) is 1. The van der Waals surface area contributed by atoms with Gasteiger partial charge in [-0.1, -0.05) is 0 Å². The molecule has 96 valence electrons. The van der Waals surface area contributed by atoms with E-state index in [1.165, 1.54) is 24.3 Å². The number of nitrogens with one attached hydrogen (secondary N) is 1. The molecule has 0 aliphatic heterocycles. The first-order valence-corrected chi connectivity index (χ1v) is 6.80. The maximum Gasteiger partial charge on any atom is 0.303 e. The Balaban J connectivity index is 2.59. The molecule has 0 saturated carbocycles. The molecule has 0 amide bonds. The fourth-order valence-electron chi connectivity index (χ4n) is 1.26. The minimum Gasteiger partial charge on any atom is -0.481 e. The molecule has 1 aromatic rings. The fourth-order valence-corrected chi connectivity index (χ4v) is 2.38. The van der Waals surface area contributed by atoms with E-state index in [2.05, 4.69) is 4.72 Å². The lowest BCUT2D eigenvalue weighted by Gasteiger charge is -2.07. The molecule has 6 nitrogen and oxygen atoms in total. The molecule has 0 heterocycles. The highest BCUT2D eigenvalue weighted by atomic mass is 32.2. The van der Waals surface area contributed by atoms with Gasteiger partial charge in [0, 0.05) is 12.1 Å². The summed E-state index contributed by atoms with van der Waals surface area (Å²) in [6.07, 6.45) is -0.130. The van der Waals surface area contributed by atoms with Crippen molar-refractivity contribution in [3.63, 3.8) is 0 Å². The van der Waals surface area contributed by atoms with Gasteiger partial charge in [0.25, 0.3) is 0 Å². The normalized spacial score (nSPS) is 10.6. The summed E-state index contributed by atoms with van der Waals surface area (Å²) in [5, 5.41) is 17.0. The van der Waals surface area contributed by atoms with Gasteiger partial charge < -0.3 is 5.11 Å². The molecule has 0 aliphatic carbocycles. The van der Waals surface area contributed by atoms with Gasteiger partial charge in [-0.3, -0.25) is 9.52 Å². The summed E-state index contributed by atoms with van der Waals surface area (Å²) >= 11 is 0. The average Bonchev–Trinajstić information content (AvgIpc) is 2.28. The van der Waals surface area contributed by atoms with Gasteiger partial charge in [0.2, 0.25) is 10.0 Å². The van der Waals surface area contributed by atoms with Crippen molar-refractivity contribution < 1.29 is 18.3 Å². The minimum atomic E-state index is -3.55. The van der Waals surface area contributed by atoms with Crippen molar-refractivity contribution in [1.29, 1.82) is 5.26 Å². The van der Waals surface area contributed by atoms with E-state index in [9.17, 15) is 13.2 Å². The Morgan fingerprint density at radius 1 is 1.33 bits per heavy atom. The monoisotopic (exact) mass is 268 g/mol. The molecule has 18 heavy (non-hydrogen) atoms. The number of nitrogens with zero attached hydrogens (tertiary/aromatic N) is 1. The van der Waals surface area contributed by atoms with Gasteiger partial charge in [0.1, 0.15) is 0 Å². The van der Waals surface area contributed by atoms with Gasteiger partial charge in [-0.25, -0.2) is 8.42 Å². The van der Waals surface area contributed by atoms with Crippen molar-refractivity contribution in [2.45, 2.75) is 12.8 Å². The first-order valence-electron chi connectivity index (χ1n) is 5.15. The Bertz CT molecular complexity index is 558. The molecule has 0 spiro atoms. The van der Waals surface area contributed by atoms with E-state index in [1.807, 2.05) is 6.07 Å². The molecule has 0 atom stereocenters. The highest BCUT2D eigenvalue weighted by Gasteiger charge is 2.11. The summed E-state index contributed by atoms with van der Waals surface area (Å²) in [5.74, 6) is -1.28. The van der Waals surface area contributed by atoms with Gasteiger partial charge in [-0.05, 0) is 30.7 Å². The van der Waals surface area contributed by atoms with Gasteiger partial charge in [-0.2, -0.15) is 5.26 Å². The second-order valence-electron chi connectivity index (χ2n) is 3.61. The molecular weight excluding hydrogens is 256 g/mol. The van der Waals surface area contributed by atoms with Crippen LogP contribution in [0.1, 0.15) is 18.4 Å². The van der Waals surface area contributed by atoms with Crippen LogP contribution < -0.4 is 4.72 Å². The SMILES string of the molecule is N#Cc1ccc(NS(=O)(=O)CCCC(=O)O)cc1. The third kappa shape index (κ3) is 4.84. The van der Waals surface area contributed by atoms with Crippen molar-refractivity contribution in [1.82, 2.24) is 0 Å². The third-order valence-corrected chi connectivity index (χ3v) is 3.46. The van der Waals surface area contributed by atoms with Crippen molar-refractivity contribution in [3.8, 4) is 6.07 Å². The van der Waals surface area contributed by atoms with Crippen LogP contribution in [0.25, 0.3) is 0 Å². The Hall–Kier alpha value is -2.07. The number of aliphatic carboxylic acids is 1. The van der Waals surface area contributed by atoms with E-state index in [0.717, 1.165) is 0 Å². The van der Waals surface area contributed by atoms with Crippen molar-refractivity contribution >= 4 is 21.7 Å². The Morgan fingerprint density at radius 3 is 2.44 bits per heavy atom. The molecule has 1 aromatic carbocycles. The van der Waals surface area contributed by atoms with Crippen molar-refractivity contribution in [2.24, 2.45) is 0 Å². The van der Waals surface area contributed by atoms with Crippen LogP contribution in [0.5, 0.6) is 0 Å². The molecule has 0 unspecified atom stereocenters. The number of carbonyl (C=O) groups is 1. The summed E-state index contributed by atoms with van der Waals surface area (Å²) in [6.45, 7) is 0. The van der Waals surface area contributed by atoms with Gasteiger partial charge >= 0.3 is 5.97 Å². The quantitative estimate of drug-likeness (QED) is 0.805. The average molecular weight is 268 g/mol. The van der Waals surface area contributed by atoms with Crippen LogP contribution in [-0.4, -0.2) is 25.2 Å². The number of anilines is 1. The predicted molar refractivity (Wildman–Crippen MR) is 65.4 cm³/mol. The van der Waals surface area contributed by atoms with Crippen molar-refractivity contribution in [2.75, 3.05) is 10.5 Å². The molecule has 0 radical (unpaired) electrons. The molecule has 0 aromatic heterocycles. The molecule has 2 N–H and O–H groups in total. The number of hydrogen-bond acceptors (Lipinski definition) is 4. The number of carboxylic acids is 1. The topological polar surface area (TPSA) is 107 Å². The van der Waals surface area contributed by atoms with Gasteiger partial charge in [0.15, 0.2) is 0 Å². The predicted octanol–water partition coefficient (Wildman–Crippen LogP) is 1.16. The van der Waals surface area contributed by atoms with Crippen LogP contribution >= 0.6 is 0 Å². The standard InChI is InChI=1S/C11H12N2O4S/c12-8-9-3-5-10(6-4-9)13-18(16,17)7-1-2-11(14)15/h3-6,13H,1-2,7H2,(H,14,15). The largest absolute Gasteiger partial charge is 0.481 e. The second-order valence-corrected chi connectivity index (χ2v) is 5.45. The number of rotatable bonds is 6. The highest BCUT2D eigenvalue weighted by molar-refractivity contribution is 7.92. The highest BCUT2D eigenvalue weighted by Crippen LogP contribution is 2.11. The van der Waals surface area contributed by atoms with E-state index in [0.29, 0.717) is 11.3 Å². The zero-order valence-electron chi connectivity index (χ0n) is 9.46. The van der Waals surface area contributed by atoms with Gasteiger partial charge in [-0.15, -0.1) is 0 Å². The summed E-state index contributed by atoms with van der Waals surface area (Å²) in [6, 6.07) is 7.87. The van der Waals surface area contributed by atoms with E-state index in [1.54, 1.807) is 0 Å². The molecule has 0 bridgehead atoms. The zero-order valence-corrected chi connectivity index (χ0v) is 10.3. The summed E-state index contributed by atoms with van der Waals surface area (Å²) in [7, 11) is -3.55. The number of benzene rings is 1. The summed E-state index contributed by atoms with van der Waals surface area (Å²) < 4.78 is 25.4. The van der Waals surface area contributed by atoms with E-state index >= 15 is 0 Å². The Labute approximate surface area is 105 Å². The fraction of sp³-hybridized carbons (Fsp3) is 0.273. The molecule has 0 saturated heterocycles. The second kappa shape index (κ2) is 6.02. The zero-order chi connectivity index (χ0) is 13.6. The van der Waals surface area contributed by atoms with Crippen molar-refractivity contribution in [3.05, 3.63) is 29.8 Å². The lowest BCUT2D eigenvalue weighted by Crippen LogP contribution is -2.17. The van der Waals surface area contributed by atoms with Gasteiger partial charge in [0.05, 0.1) is 17.4 Å². The lowest BCUT2D eigenvalue weighted by molar-refractivity contribution is -0.137. The smallest absolute Gasteiger partial charge is 0.303 e. The first-order chi connectivity index (χ1) is 8.43. The van der Waals surface area contributed by atoms with E-state index in [4.69, 9.17) is 10.4 Å². The molecule has 0 aliphatic rings. The number of sulfonamides is 1. The molecule has 1 rings (SSSR count). The molecule has 0 fully saturated rings. The van der Waals surface area contributed by atoms with Crippen LogP contribution in [0.2, 0.25) is 0 Å². The lowest BCUT2D eigenvalue weighted by atomic mass is 10.2. The Morgan fingerprint density at radius 2 is 1.94 bits per heavy atom. The van der Waals surface area contributed by atoms with Crippen LogP contribution in [0.3, 0.4) is 0 Å².